The van der Waals surface area contributed by atoms with E-state index in [1.807, 2.05) is 43.1 Å². The summed E-state index contributed by atoms with van der Waals surface area (Å²) in [5.74, 6) is 1.48. The molecule has 0 saturated carbocycles. The molecule has 1 aliphatic heterocycles. The number of carbonyl (C=O) groups is 1. The first-order valence-electron chi connectivity index (χ1n) is 10.1. The number of aryl methyl sites for hydroxylation is 1. The van der Waals surface area contributed by atoms with Crippen LogP contribution in [0.3, 0.4) is 0 Å². The van der Waals surface area contributed by atoms with Gasteiger partial charge in [0.1, 0.15) is 5.75 Å². The highest BCUT2D eigenvalue weighted by molar-refractivity contribution is 5.93. The lowest BCUT2D eigenvalue weighted by Crippen LogP contribution is -2.42. The average molecular weight is 382 g/mol. The number of rotatable bonds is 7. The number of likely N-dealkylation sites (tertiary alicyclic amines) is 1. The van der Waals surface area contributed by atoms with E-state index in [2.05, 4.69) is 22.0 Å². The van der Waals surface area contributed by atoms with E-state index >= 15 is 0 Å². The molecule has 5 heteroatoms. The van der Waals surface area contributed by atoms with Crippen LogP contribution in [0.25, 0.3) is 0 Å². The molecule has 1 amide bonds. The van der Waals surface area contributed by atoms with Crippen molar-refractivity contribution in [2.24, 2.45) is 5.92 Å². The smallest absolute Gasteiger partial charge is 0.255 e. The molecule has 1 aromatic carbocycles. The molecule has 2 aromatic rings. The molecule has 1 aromatic heterocycles. The topological polar surface area (TPSA) is 45.7 Å². The van der Waals surface area contributed by atoms with E-state index in [1.165, 1.54) is 18.4 Å². The fraction of sp³-hybridized carbons (Fsp3) is 0.478. The molecule has 1 saturated heterocycles. The molecule has 0 radical (unpaired) electrons. The highest BCUT2D eigenvalue weighted by atomic mass is 16.5. The lowest BCUT2D eigenvalue weighted by atomic mass is 9.97. The van der Waals surface area contributed by atoms with Gasteiger partial charge in [-0.3, -0.25) is 9.78 Å². The number of benzene rings is 1. The van der Waals surface area contributed by atoms with Gasteiger partial charge in [0.2, 0.25) is 0 Å². The first-order valence-corrected chi connectivity index (χ1v) is 10.1. The molecular weight excluding hydrogens is 350 g/mol. The molecule has 1 unspecified atom stereocenters. The lowest BCUT2D eigenvalue weighted by molar-refractivity contribution is 0.0730. The molecule has 1 atom stereocenters. The van der Waals surface area contributed by atoms with Gasteiger partial charge in [-0.1, -0.05) is 12.1 Å². The number of amides is 1. The maximum Gasteiger partial charge on any atom is 0.255 e. The van der Waals surface area contributed by atoms with Gasteiger partial charge >= 0.3 is 0 Å². The second kappa shape index (κ2) is 9.69. The third-order valence-electron chi connectivity index (χ3n) is 5.52. The highest BCUT2D eigenvalue weighted by Crippen LogP contribution is 2.19. The Labute approximate surface area is 168 Å². The Balaban J connectivity index is 1.48. The van der Waals surface area contributed by atoms with E-state index in [0.29, 0.717) is 11.5 Å². The summed E-state index contributed by atoms with van der Waals surface area (Å²) in [6, 6.07) is 12.1. The number of aromatic nitrogens is 1. The van der Waals surface area contributed by atoms with Crippen molar-refractivity contribution in [1.29, 1.82) is 0 Å². The summed E-state index contributed by atoms with van der Waals surface area (Å²) in [6.45, 7) is 5.99. The van der Waals surface area contributed by atoms with Crippen molar-refractivity contribution in [2.75, 3.05) is 40.3 Å². The van der Waals surface area contributed by atoms with Gasteiger partial charge in [0.15, 0.2) is 0 Å². The fourth-order valence-corrected chi connectivity index (χ4v) is 3.87. The van der Waals surface area contributed by atoms with Crippen molar-refractivity contribution in [3.05, 3.63) is 59.4 Å². The van der Waals surface area contributed by atoms with Crippen molar-refractivity contribution in [3.8, 4) is 5.75 Å². The lowest BCUT2D eigenvalue weighted by Gasteiger charge is -2.34. The third kappa shape index (κ3) is 5.55. The minimum absolute atomic E-state index is 0.0582. The van der Waals surface area contributed by atoms with Gasteiger partial charge in [0.25, 0.3) is 5.91 Å². The van der Waals surface area contributed by atoms with Crippen LogP contribution >= 0.6 is 0 Å². The number of carbonyl (C=O) groups excluding carboxylic acids is 1. The molecule has 5 nitrogen and oxygen atoms in total. The summed E-state index contributed by atoms with van der Waals surface area (Å²) >= 11 is 0. The van der Waals surface area contributed by atoms with E-state index in [1.54, 1.807) is 13.3 Å². The number of methoxy groups -OCH3 is 1. The Morgan fingerprint density at radius 1 is 1.25 bits per heavy atom. The predicted molar refractivity (Wildman–Crippen MR) is 112 cm³/mol. The van der Waals surface area contributed by atoms with Gasteiger partial charge < -0.3 is 14.5 Å². The number of hydrogen-bond donors (Lipinski definition) is 0. The first-order chi connectivity index (χ1) is 13.5. The van der Waals surface area contributed by atoms with Gasteiger partial charge in [-0.2, -0.15) is 0 Å². The van der Waals surface area contributed by atoms with Crippen LogP contribution in [-0.2, 0) is 6.42 Å². The van der Waals surface area contributed by atoms with Crippen molar-refractivity contribution >= 4 is 5.91 Å². The maximum atomic E-state index is 12.6. The molecule has 0 bridgehead atoms. The Morgan fingerprint density at radius 2 is 2.04 bits per heavy atom. The Morgan fingerprint density at radius 3 is 2.71 bits per heavy atom. The van der Waals surface area contributed by atoms with Crippen LogP contribution in [0.2, 0.25) is 0 Å². The molecule has 28 heavy (non-hydrogen) atoms. The number of hydrogen-bond acceptors (Lipinski definition) is 4. The molecule has 2 heterocycles. The zero-order valence-electron chi connectivity index (χ0n) is 17.2. The maximum absolute atomic E-state index is 12.6. The Hall–Kier alpha value is -2.40. The van der Waals surface area contributed by atoms with Crippen LogP contribution in [0.5, 0.6) is 5.75 Å². The van der Waals surface area contributed by atoms with E-state index in [-0.39, 0.29) is 5.91 Å². The predicted octanol–water partition coefficient (Wildman–Crippen LogP) is 3.43. The van der Waals surface area contributed by atoms with Gasteiger partial charge in [0.05, 0.1) is 12.7 Å². The molecule has 3 rings (SSSR count). The SMILES string of the molecule is COc1ccc(CCN2CCCC(CN(C)C(=O)c3ccc(C)nc3)C2)cc1. The molecule has 1 aliphatic rings. The van der Waals surface area contributed by atoms with Crippen LogP contribution in [0.1, 0.15) is 34.5 Å². The van der Waals surface area contributed by atoms with Crippen molar-refractivity contribution in [3.63, 3.8) is 0 Å². The van der Waals surface area contributed by atoms with Gasteiger partial charge in [0, 0.05) is 38.6 Å². The van der Waals surface area contributed by atoms with Crippen molar-refractivity contribution in [2.45, 2.75) is 26.2 Å². The molecule has 0 spiro atoms. The standard InChI is InChI=1S/C23H31N3O2/c1-18-6-9-21(15-24-18)23(27)25(2)16-20-5-4-13-26(17-20)14-12-19-7-10-22(28-3)11-8-19/h6-11,15,20H,4-5,12-14,16-17H2,1-3H3. The van der Waals surface area contributed by atoms with Crippen LogP contribution in [0, 0.1) is 12.8 Å². The summed E-state index contributed by atoms with van der Waals surface area (Å²) < 4.78 is 5.23. The van der Waals surface area contributed by atoms with Crippen LogP contribution in [0.15, 0.2) is 42.6 Å². The third-order valence-corrected chi connectivity index (χ3v) is 5.52. The van der Waals surface area contributed by atoms with Crippen LogP contribution < -0.4 is 4.74 Å². The van der Waals surface area contributed by atoms with Gasteiger partial charge in [-0.05, 0) is 68.5 Å². The number of pyridine rings is 1. The largest absolute Gasteiger partial charge is 0.497 e. The van der Waals surface area contributed by atoms with E-state index in [4.69, 9.17) is 4.74 Å². The summed E-state index contributed by atoms with van der Waals surface area (Å²) in [7, 11) is 3.60. The van der Waals surface area contributed by atoms with Crippen molar-refractivity contribution < 1.29 is 9.53 Å². The zero-order valence-corrected chi connectivity index (χ0v) is 17.2. The summed E-state index contributed by atoms with van der Waals surface area (Å²) in [6.07, 6.45) is 5.10. The summed E-state index contributed by atoms with van der Waals surface area (Å²) in [4.78, 5) is 21.3. The fourth-order valence-electron chi connectivity index (χ4n) is 3.87. The summed E-state index contributed by atoms with van der Waals surface area (Å²) in [5.41, 5.74) is 2.93. The zero-order chi connectivity index (χ0) is 19.9. The monoisotopic (exact) mass is 381 g/mol. The van der Waals surface area contributed by atoms with Crippen LogP contribution in [-0.4, -0.2) is 61.0 Å². The van der Waals surface area contributed by atoms with E-state index in [0.717, 1.165) is 44.0 Å². The van der Waals surface area contributed by atoms with Crippen molar-refractivity contribution in [1.82, 2.24) is 14.8 Å². The average Bonchev–Trinajstić information content (AvgIpc) is 2.73. The normalized spacial score (nSPS) is 17.3. The molecule has 0 N–H and O–H groups in total. The van der Waals surface area contributed by atoms with E-state index < -0.39 is 0 Å². The number of ether oxygens (including phenoxy) is 1. The van der Waals surface area contributed by atoms with Gasteiger partial charge in [-0.15, -0.1) is 0 Å². The minimum Gasteiger partial charge on any atom is -0.497 e. The Kier molecular flexibility index (Phi) is 7.04. The molecule has 1 fully saturated rings. The quantitative estimate of drug-likeness (QED) is 0.737. The number of piperidine rings is 1. The summed E-state index contributed by atoms with van der Waals surface area (Å²) in [5, 5.41) is 0. The second-order valence-corrected chi connectivity index (χ2v) is 7.78. The Bertz CT molecular complexity index is 758. The highest BCUT2D eigenvalue weighted by Gasteiger charge is 2.23. The first kappa shape index (κ1) is 20.3. The molecule has 0 aliphatic carbocycles. The van der Waals surface area contributed by atoms with E-state index in [9.17, 15) is 4.79 Å². The molecular formula is C23H31N3O2. The molecule has 150 valence electrons. The second-order valence-electron chi connectivity index (χ2n) is 7.78. The van der Waals surface area contributed by atoms with Crippen LogP contribution in [0.4, 0.5) is 0 Å². The minimum atomic E-state index is 0.0582. The van der Waals surface area contributed by atoms with Gasteiger partial charge in [-0.25, -0.2) is 0 Å². The number of nitrogens with zero attached hydrogens (tertiary/aromatic N) is 3.